The number of amides is 1. The number of para-hydroxylation sites is 1. The van der Waals surface area contributed by atoms with E-state index in [0.29, 0.717) is 11.5 Å². The van der Waals surface area contributed by atoms with Crippen LogP contribution in [0.25, 0.3) is 10.9 Å². The van der Waals surface area contributed by atoms with Crippen LogP contribution in [0.15, 0.2) is 48.5 Å². The zero-order valence-corrected chi connectivity index (χ0v) is 17.6. The van der Waals surface area contributed by atoms with Gasteiger partial charge in [-0.05, 0) is 62.1 Å². The van der Waals surface area contributed by atoms with Crippen molar-refractivity contribution in [3.63, 3.8) is 0 Å². The standard InChI is InChI=1S/C23H26FN5O2/c1-29(2)21-19-5-3-4-6-20(19)27-23(28-21)26-17-11-9-16(10-12-17)25-22(30)15-7-13-18(31-24)14-8-15/h3-8,13-14,16-17H,9-12H2,1-2H3,(H,25,30)(H,26,27,28). The van der Waals surface area contributed by atoms with Gasteiger partial charge in [0.2, 0.25) is 5.95 Å². The van der Waals surface area contributed by atoms with Gasteiger partial charge in [0.05, 0.1) is 5.52 Å². The Bertz CT molecular complexity index is 1050. The van der Waals surface area contributed by atoms with Crippen LogP contribution in [-0.4, -0.2) is 42.1 Å². The number of hydrogen-bond acceptors (Lipinski definition) is 6. The molecule has 0 atom stereocenters. The minimum Gasteiger partial charge on any atom is -0.362 e. The lowest BCUT2D eigenvalue weighted by Gasteiger charge is -2.30. The zero-order valence-electron chi connectivity index (χ0n) is 17.6. The summed E-state index contributed by atoms with van der Waals surface area (Å²) in [5.74, 6) is 1.44. The first-order valence-corrected chi connectivity index (χ1v) is 10.4. The Hall–Kier alpha value is -3.42. The predicted octanol–water partition coefficient (Wildman–Crippen LogP) is 4.11. The molecular formula is C23H26FN5O2. The summed E-state index contributed by atoms with van der Waals surface area (Å²) in [6.07, 6.45) is 3.55. The van der Waals surface area contributed by atoms with Crippen molar-refractivity contribution in [2.45, 2.75) is 37.8 Å². The molecule has 0 saturated heterocycles. The Labute approximate surface area is 180 Å². The lowest BCUT2D eigenvalue weighted by Crippen LogP contribution is -2.40. The molecule has 0 aliphatic heterocycles. The van der Waals surface area contributed by atoms with Crippen molar-refractivity contribution in [2.75, 3.05) is 24.3 Å². The second-order valence-electron chi connectivity index (χ2n) is 8.05. The fraction of sp³-hybridized carbons (Fsp3) is 0.348. The monoisotopic (exact) mass is 423 g/mol. The van der Waals surface area contributed by atoms with Crippen LogP contribution in [0.4, 0.5) is 16.3 Å². The maximum atomic E-state index is 12.4. The highest BCUT2D eigenvalue weighted by molar-refractivity contribution is 5.94. The predicted molar refractivity (Wildman–Crippen MR) is 119 cm³/mol. The van der Waals surface area contributed by atoms with Crippen molar-refractivity contribution >= 4 is 28.6 Å². The Morgan fingerprint density at radius 2 is 1.68 bits per heavy atom. The van der Waals surface area contributed by atoms with E-state index in [1.165, 1.54) is 12.1 Å². The van der Waals surface area contributed by atoms with E-state index in [1.54, 1.807) is 12.1 Å². The Kier molecular flexibility index (Phi) is 6.16. The van der Waals surface area contributed by atoms with Crippen molar-refractivity contribution in [1.29, 1.82) is 0 Å². The molecule has 0 unspecified atom stereocenters. The summed E-state index contributed by atoms with van der Waals surface area (Å²) in [7, 11) is 3.95. The van der Waals surface area contributed by atoms with Crippen molar-refractivity contribution in [2.24, 2.45) is 0 Å². The fourth-order valence-corrected chi connectivity index (χ4v) is 3.96. The Morgan fingerprint density at radius 1 is 1.00 bits per heavy atom. The molecule has 7 nitrogen and oxygen atoms in total. The molecule has 2 aromatic carbocycles. The van der Waals surface area contributed by atoms with E-state index < -0.39 is 0 Å². The second-order valence-corrected chi connectivity index (χ2v) is 8.05. The van der Waals surface area contributed by atoms with Crippen molar-refractivity contribution in [3.05, 3.63) is 54.1 Å². The van der Waals surface area contributed by atoms with E-state index in [9.17, 15) is 9.32 Å². The van der Waals surface area contributed by atoms with Gasteiger partial charge in [0.15, 0.2) is 5.75 Å². The molecule has 1 amide bonds. The Balaban J connectivity index is 1.35. The topological polar surface area (TPSA) is 79.4 Å². The molecule has 1 fully saturated rings. The van der Waals surface area contributed by atoms with Gasteiger partial charge in [-0.25, -0.2) is 4.98 Å². The first-order chi connectivity index (χ1) is 15.0. The van der Waals surface area contributed by atoms with Crippen LogP contribution in [0.2, 0.25) is 0 Å². The van der Waals surface area contributed by atoms with Crippen LogP contribution < -0.4 is 20.5 Å². The third kappa shape index (κ3) is 4.84. The van der Waals surface area contributed by atoms with Crippen LogP contribution in [0, 0.1) is 0 Å². The largest absolute Gasteiger partial charge is 0.362 e. The highest BCUT2D eigenvalue weighted by Gasteiger charge is 2.24. The average molecular weight is 423 g/mol. The van der Waals surface area contributed by atoms with E-state index in [2.05, 4.69) is 20.6 Å². The smallest absolute Gasteiger partial charge is 0.251 e. The lowest BCUT2D eigenvalue weighted by molar-refractivity contribution is -0.00621. The number of carbonyl (C=O) groups is 1. The lowest BCUT2D eigenvalue weighted by atomic mass is 9.91. The SMILES string of the molecule is CN(C)c1nc(NC2CCC(NC(=O)c3ccc(OF)cc3)CC2)nc2ccccc12. The first kappa shape index (κ1) is 20.8. The number of nitrogens with one attached hydrogen (secondary N) is 2. The van der Waals surface area contributed by atoms with Crippen molar-refractivity contribution < 1.29 is 14.3 Å². The number of rotatable bonds is 6. The summed E-state index contributed by atoms with van der Waals surface area (Å²) < 4.78 is 12.1. The van der Waals surface area contributed by atoms with Crippen molar-refractivity contribution in [1.82, 2.24) is 15.3 Å². The van der Waals surface area contributed by atoms with Gasteiger partial charge in [-0.15, -0.1) is 0 Å². The molecule has 1 aromatic heterocycles. The summed E-state index contributed by atoms with van der Waals surface area (Å²) in [4.78, 5) is 27.5. The number of fused-ring (bicyclic) bond motifs is 1. The van der Waals surface area contributed by atoms with Crippen LogP contribution in [0.5, 0.6) is 5.75 Å². The number of anilines is 2. The molecule has 1 aliphatic rings. The molecule has 31 heavy (non-hydrogen) atoms. The van der Waals surface area contributed by atoms with Crippen LogP contribution in [-0.2, 0) is 0 Å². The maximum Gasteiger partial charge on any atom is 0.251 e. The van der Waals surface area contributed by atoms with Crippen molar-refractivity contribution in [3.8, 4) is 5.75 Å². The highest BCUT2D eigenvalue weighted by atomic mass is 19.3. The molecule has 0 bridgehead atoms. The summed E-state index contributed by atoms with van der Waals surface area (Å²) in [6, 6.07) is 14.3. The number of aromatic nitrogens is 2. The van der Waals surface area contributed by atoms with E-state index in [4.69, 9.17) is 4.98 Å². The summed E-state index contributed by atoms with van der Waals surface area (Å²) in [5.41, 5.74) is 1.40. The fourth-order valence-electron chi connectivity index (χ4n) is 3.96. The minimum atomic E-state index is -0.157. The number of hydrogen-bond donors (Lipinski definition) is 2. The molecule has 0 radical (unpaired) electrons. The third-order valence-electron chi connectivity index (χ3n) is 5.61. The first-order valence-electron chi connectivity index (χ1n) is 10.4. The molecule has 1 heterocycles. The van der Waals surface area contributed by atoms with Gasteiger partial charge < -0.3 is 15.5 Å². The van der Waals surface area contributed by atoms with Gasteiger partial charge in [0, 0.05) is 41.7 Å². The van der Waals surface area contributed by atoms with Gasteiger partial charge in [0.1, 0.15) is 5.82 Å². The number of halogens is 1. The van der Waals surface area contributed by atoms with E-state index in [0.717, 1.165) is 42.4 Å². The van der Waals surface area contributed by atoms with E-state index in [1.807, 2.05) is 43.3 Å². The molecule has 1 aliphatic carbocycles. The van der Waals surface area contributed by atoms with Gasteiger partial charge in [0.25, 0.3) is 5.91 Å². The van der Waals surface area contributed by atoms with Crippen LogP contribution in [0.3, 0.4) is 0 Å². The summed E-state index contributed by atoms with van der Waals surface area (Å²) in [5, 5.41) is 7.57. The Morgan fingerprint density at radius 3 is 2.35 bits per heavy atom. The van der Waals surface area contributed by atoms with Gasteiger partial charge in [-0.2, -0.15) is 4.98 Å². The molecule has 0 spiro atoms. The van der Waals surface area contributed by atoms with Gasteiger partial charge in [-0.1, -0.05) is 12.1 Å². The molecule has 8 heteroatoms. The molecular weight excluding hydrogens is 397 g/mol. The molecule has 4 rings (SSSR count). The highest BCUT2D eigenvalue weighted by Crippen LogP contribution is 2.26. The number of nitrogens with zero attached hydrogens (tertiary/aromatic N) is 3. The average Bonchev–Trinajstić information content (AvgIpc) is 2.79. The number of benzene rings is 2. The molecule has 162 valence electrons. The van der Waals surface area contributed by atoms with Crippen LogP contribution in [0.1, 0.15) is 36.0 Å². The maximum absolute atomic E-state index is 12.4. The van der Waals surface area contributed by atoms with Gasteiger partial charge in [-0.3, -0.25) is 9.74 Å². The molecule has 2 N–H and O–H groups in total. The van der Waals surface area contributed by atoms with Crippen LogP contribution >= 0.6 is 0 Å². The quantitative estimate of drug-likeness (QED) is 0.621. The van der Waals surface area contributed by atoms with Gasteiger partial charge >= 0.3 is 0 Å². The minimum absolute atomic E-state index is 0.0801. The zero-order chi connectivity index (χ0) is 21.8. The third-order valence-corrected chi connectivity index (χ3v) is 5.61. The second kappa shape index (κ2) is 9.16. The number of carbonyl (C=O) groups excluding carboxylic acids is 1. The normalized spacial score (nSPS) is 18.4. The summed E-state index contributed by atoms with van der Waals surface area (Å²) in [6.45, 7) is 0. The van der Waals surface area contributed by atoms with E-state index in [-0.39, 0.29) is 23.7 Å². The molecule has 1 saturated carbocycles. The molecule has 3 aromatic rings. The summed E-state index contributed by atoms with van der Waals surface area (Å²) >= 11 is 0. The van der Waals surface area contributed by atoms with E-state index >= 15 is 0 Å².